The van der Waals surface area contributed by atoms with E-state index >= 15 is 0 Å². The molecule has 1 aromatic rings. The maximum Gasteiger partial charge on any atom is 0.0688 e. The second-order valence-electron chi connectivity index (χ2n) is 6.09. The van der Waals surface area contributed by atoms with Crippen molar-refractivity contribution in [2.45, 2.75) is 56.6 Å². The Balaban J connectivity index is 1.91. The summed E-state index contributed by atoms with van der Waals surface area (Å²) in [5.74, 6) is 0. The molecular formula is C18H29NO2. The zero-order chi connectivity index (χ0) is 15.0. The van der Waals surface area contributed by atoms with E-state index in [1.165, 1.54) is 38.5 Å². The molecule has 0 amide bonds. The Morgan fingerprint density at radius 2 is 1.81 bits per heavy atom. The standard InChI is InChI=1S/C18H29NO2/c1-19-18(15-20,16-9-5-4-6-10-16)13-14-21-17-11-7-2-3-8-12-17/h4-6,9-10,17,19-20H,2-3,7-8,11-15H2,1H3. The first-order chi connectivity index (χ1) is 10.3. The minimum absolute atomic E-state index is 0.0849. The molecule has 3 heteroatoms. The van der Waals surface area contributed by atoms with Gasteiger partial charge in [-0.1, -0.05) is 56.0 Å². The minimum Gasteiger partial charge on any atom is -0.394 e. The molecule has 2 rings (SSSR count). The average Bonchev–Trinajstić information content (AvgIpc) is 2.82. The van der Waals surface area contributed by atoms with Crippen LogP contribution in [-0.2, 0) is 10.3 Å². The van der Waals surface area contributed by atoms with Crippen LogP contribution in [0.4, 0.5) is 0 Å². The average molecular weight is 291 g/mol. The van der Waals surface area contributed by atoms with Gasteiger partial charge in [0.25, 0.3) is 0 Å². The molecule has 0 aromatic heterocycles. The van der Waals surface area contributed by atoms with E-state index in [2.05, 4.69) is 17.4 Å². The number of nitrogens with one attached hydrogen (secondary N) is 1. The zero-order valence-electron chi connectivity index (χ0n) is 13.2. The lowest BCUT2D eigenvalue weighted by Gasteiger charge is -2.33. The molecule has 1 aliphatic carbocycles. The topological polar surface area (TPSA) is 41.5 Å². The van der Waals surface area contributed by atoms with Crippen LogP contribution in [0, 0.1) is 0 Å². The summed E-state index contributed by atoms with van der Waals surface area (Å²) in [5, 5.41) is 13.2. The van der Waals surface area contributed by atoms with Crippen molar-refractivity contribution < 1.29 is 9.84 Å². The number of benzene rings is 1. The van der Waals surface area contributed by atoms with Gasteiger partial charge in [0.1, 0.15) is 0 Å². The lowest BCUT2D eigenvalue weighted by Crippen LogP contribution is -2.44. The van der Waals surface area contributed by atoms with Gasteiger partial charge in [-0.05, 0) is 31.9 Å². The highest BCUT2D eigenvalue weighted by Crippen LogP contribution is 2.26. The van der Waals surface area contributed by atoms with Gasteiger partial charge in [-0.2, -0.15) is 0 Å². The first-order valence-electron chi connectivity index (χ1n) is 8.27. The normalized spacial score (nSPS) is 19.9. The quantitative estimate of drug-likeness (QED) is 0.758. The Hall–Kier alpha value is -0.900. The van der Waals surface area contributed by atoms with E-state index in [1.807, 2.05) is 25.2 Å². The van der Waals surface area contributed by atoms with Crippen LogP contribution in [0.5, 0.6) is 0 Å². The second kappa shape index (κ2) is 8.52. The molecule has 0 saturated heterocycles. The molecule has 1 atom stereocenters. The zero-order valence-corrected chi connectivity index (χ0v) is 13.2. The number of ether oxygens (including phenoxy) is 1. The Morgan fingerprint density at radius 1 is 1.14 bits per heavy atom. The van der Waals surface area contributed by atoms with Crippen molar-refractivity contribution in [3.05, 3.63) is 35.9 Å². The van der Waals surface area contributed by atoms with Gasteiger partial charge in [0.05, 0.1) is 18.2 Å². The van der Waals surface area contributed by atoms with Crippen LogP contribution in [0.2, 0.25) is 0 Å². The van der Waals surface area contributed by atoms with Gasteiger partial charge in [0.2, 0.25) is 0 Å². The van der Waals surface area contributed by atoms with E-state index in [9.17, 15) is 5.11 Å². The van der Waals surface area contributed by atoms with Crippen LogP contribution in [-0.4, -0.2) is 31.5 Å². The predicted octanol–water partition coefficient (Wildman–Crippen LogP) is 3.22. The Bertz CT molecular complexity index is 381. The lowest BCUT2D eigenvalue weighted by molar-refractivity contribution is 0.0206. The third-order valence-electron chi connectivity index (χ3n) is 4.76. The molecule has 1 unspecified atom stereocenters. The minimum atomic E-state index is -0.397. The van der Waals surface area contributed by atoms with Crippen molar-refractivity contribution in [2.75, 3.05) is 20.3 Å². The summed E-state index contributed by atoms with van der Waals surface area (Å²) in [7, 11) is 1.91. The maximum atomic E-state index is 9.89. The molecule has 1 aliphatic rings. The third-order valence-corrected chi connectivity index (χ3v) is 4.76. The molecule has 0 heterocycles. The van der Waals surface area contributed by atoms with Gasteiger partial charge in [-0.25, -0.2) is 0 Å². The van der Waals surface area contributed by atoms with E-state index in [4.69, 9.17) is 4.74 Å². The van der Waals surface area contributed by atoms with Crippen molar-refractivity contribution in [2.24, 2.45) is 0 Å². The van der Waals surface area contributed by atoms with Crippen molar-refractivity contribution >= 4 is 0 Å². The van der Waals surface area contributed by atoms with Crippen molar-refractivity contribution in [3.63, 3.8) is 0 Å². The predicted molar refractivity (Wildman–Crippen MR) is 86.3 cm³/mol. The SMILES string of the molecule is CNC(CO)(CCOC1CCCCCC1)c1ccccc1. The largest absolute Gasteiger partial charge is 0.394 e. The highest BCUT2D eigenvalue weighted by Gasteiger charge is 2.29. The summed E-state index contributed by atoms with van der Waals surface area (Å²) < 4.78 is 6.09. The van der Waals surface area contributed by atoms with Gasteiger partial charge in [0, 0.05) is 6.61 Å². The van der Waals surface area contributed by atoms with E-state index < -0.39 is 5.54 Å². The Morgan fingerprint density at radius 3 is 2.38 bits per heavy atom. The van der Waals surface area contributed by atoms with Crippen LogP contribution < -0.4 is 5.32 Å². The van der Waals surface area contributed by atoms with Gasteiger partial charge in [-0.15, -0.1) is 0 Å². The smallest absolute Gasteiger partial charge is 0.0688 e. The fourth-order valence-electron chi connectivity index (χ4n) is 3.23. The maximum absolute atomic E-state index is 9.89. The van der Waals surface area contributed by atoms with Crippen molar-refractivity contribution in [1.29, 1.82) is 0 Å². The number of aliphatic hydroxyl groups is 1. The number of likely N-dealkylation sites (N-methyl/N-ethyl adjacent to an activating group) is 1. The van der Waals surface area contributed by atoms with Crippen LogP contribution in [0.15, 0.2) is 30.3 Å². The monoisotopic (exact) mass is 291 g/mol. The second-order valence-corrected chi connectivity index (χ2v) is 6.09. The molecule has 3 nitrogen and oxygen atoms in total. The van der Waals surface area contributed by atoms with Gasteiger partial charge < -0.3 is 15.2 Å². The molecule has 118 valence electrons. The van der Waals surface area contributed by atoms with E-state index in [0.29, 0.717) is 12.7 Å². The third kappa shape index (κ3) is 4.53. The first-order valence-corrected chi connectivity index (χ1v) is 8.27. The summed E-state index contributed by atoms with van der Waals surface area (Å²) >= 11 is 0. The Labute approximate surface area is 128 Å². The molecule has 1 fully saturated rings. The molecule has 0 aliphatic heterocycles. The van der Waals surface area contributed by atoms with Crippen LogP contribution >= 0.6 is 0 Å². The van der Waals surface area contributed by atoms with E-state index in [1.54, 1.807) is 0 Å². The summed E-state index contributed by atoms with van der Waals surface area (Å²) in [6, 6.07) is 10.2. The molecule has 2 N–H and O–H groups in total. The first kappa shape index (κ1) is 16.5. The number of aliphatic hydroxyl groups excluding tert-OH is 1. The number of rotatable bonds is 7. The highest BCUT2D eigenvalue weighted by atomic mass is 16.5. The van der Waals surface area contributed by atoms with Crippen molar-refractivity contribution in [1.82, 2.24) is 5.32 Å². The van der Waals surface area contributed by atoms with Crippen molar-refractivity contribution in [3.8, 4) is 0 Å². The van der Waals surface area contributed by atoms with Crippen LogP contribution in [0.1, 0.15) is 50.5 Å². The molecule has 0 bridgehead atoms. The summed E-state index contributed by atoms with van der Waals surface area (Å²) in [6.45, 7) is 0.780. The fourth-order valence-corrected chi connectivity index (χ4v) is 3.23. The number of hydrogen-bond acceptors (Lipinski definition) is 3. The molecule has 1 aromatic carbocycles. The van der Waals surface area contributed by atoms with E-state index in [-0.39, 0.29) is 6.61 Å². The summed E-state index contributed by atoms with van der Waals surface area (Å²) in [6.07, 6.45) is 8.87. The van der Waals surface area contributed by atoms with Crippen LogP contribution in [0.25, 0.3) is 0 Å². The summed E-state index contributed by atoms with van der Waals surface area (Å²) in [5.41, 5.74) is 0.728. The molecule has 1 saturated carbocycles. The molecule has 0 spiro atoms. The van der Waals surface area contributed by atoms with E-state index in [0.717, 1.165) is 12.0 Å². The van der Waals surface area contributed by atoms with Gasteiger partial charge >= 0.3 is 0 Å². The summed E-state index contributed by atoms with van der Waals surface area (Å²) in [4.78, 5) is 0. The lowest BCUT2D eigenvalue weighted by atomic mass is 9.88. The van der Waals surface area contributed by atoms with Gasteiger partial charge in [-0.3, -0.25) is 0 Å². The molecular weight excluding hydrogens is 262 g/mol. The highest BCUT2D eigenvalue weighted by molar-refractivity contribution is 5.24. The number of hydrogen-bond donors (Lipinski definition) is 2. The fraction of sp³-hybridized carbons (Fsp3) is 0.667. The van der Waals surface area contributed by atoms with Gasteiger partial charge in [0.15, 0.2) is 0 Å². The van der Waals surface area contributed by atoms with Crippen LogP contribution in [0.3, 0.4) is 0 Å². The molecule has 21 heavy (non-hydrogen) atoms. The Kier molecular flexibility index (Phi) is 6.68. The molecule has 0 radical (unpaired) electrons.